The molecule has 9 heteroatoms. The molecule has 0 unspecified atom stereocenters. The van der Waals surface area contributed by atoms with Crippen molar-refractivity contribution in [3.8, 4) is 0 Å². The van der Waals surface area contributed by atoms with Crippen molar-refractivity contribution in [3.63, 3.8) is 0 Å². The van der Waals surface area contributed by atoms with Crippen molar-refractivity contribution < 1.29 is 13.2 Å². The Kier molecular flexibility index (Phi) is 8.90. The van der Waals surface area contributed by atoms with Gasteiger partial charge in [-0.1, -0.05) is 102 Å². The third-order valence-corrected chi connectivity index (χ3v) is 8.48. The molecule has 0 saturated carbocycles. The highest BCUT2D eigenvalue weighted by atomic mass is 35.5. The van der Waals surface area contributed by atoms with E-state index < -0.39 is 28.5 Å². The molecule has 0 bridgehead atoms. The maximum Gasteiger partial charge on any atom is 0.243 e. The van der Waals surface area contributed by atoms with Gasteiger partial charge in [-0.3, -0.25) is 4.79 Å². The van der Waals surface area contributed by atoms with Crippen LogP contribution in [0.5, 0.6) is 0 Å². The van der Waals surface area contributed by atoms with E-state index in [4.69, 9.17) is 34.8 Å². The van der Waals surface area contributed by atoms with E-state index in [1.54, 1.807) is 18.2 Å². The van der Waals surface area contributed by atoms with Crippen molar-refractivity contribution in [2.45, 2.75) is 17.5 Å². The van der Waals surface area contributed by atoms with Crippen LogP contribution in [0.15, 0.2) is 108 Å². The van der Waals surface area contributed by atoms with E-state index >= 15 is 0 Å². The molecule has 0 saturated heterocycles. The van der Waals surface area contributed by atoms with E-state index in [2.05, 4.69) is 5.32 Å². The summed E-state index contributed by atoms with van der Waals surface area (Å²) in [5.41, 5.74) is 2.33. The summed E-state index contributed by atoms with van der Waals surface area (Å²) >= 11 is 18.2. The van der Waals surface area contributed by atoms with Gasteiger partial charge in [0.1, 0.15) is 0 Å². The Morgan fingerprint density at radius 1 is 0.757 bits per heavy atom. The summed E-state index contributed by atoms with van der Waals surface area (Å²) < 4.78 is 28.3. The number of amides is 1. The summed E-state index contributed by atoms with van der Waals surface area (Å²) in [6, 6.07) is 29.2. The van der Waals surface area contributed by atoms with Crippen LogP contribution < -0.4 is 5.32 Å². The zero-order chi connectivity index (χ0) is 26.4. The Morgan fingerprint density at radius 3 is 1.86 bits per heavy atom. The fourth-order valence-corrected chi connectivity index (χ4v) is 5.67. The third kappa shape index (κ3) is 6.92. The van der Waals surface area contributed by atoms with Gasteiger partial charge in [-0.25, -0.2) is 8.42 Å². The van der Waals surface area contributed by atoms with Crippen LogP contribution in [0.2, 0.25) is 15.1 Å². The number of hydrogen-bond acceptors (Lipinski definition) is 3. The summed E-state index contributed by atoms with van der Waals surface area (Å²) in [6.07, 6.45) is 0. The molecule has 5 nitrogen and oxygen atoms in total. The number of halogens is 3. The molecule has 4 aromatic carbocycles. The molecular weight excluding hydrogens is 551 g/mol. The number of rotatable bonds is 9. The van der Waals surface area contributed by atoms with Gasteiger partial charge in [-0.2, -0.15) is 4.31 Å². The standard InChI is InChI=1S/C28H23Cl3N2O3S/c29-23-12-14-24(15-13-23)37(35,36)33(18-20-11-16-25(30)26(31)17-20)19-27(34)32-28(21-7-3-1-4-8-21)22-9-5-2-6-10-22/h1-17,28H,18-19H2,(H,32,34). The van der Waals surface area contributed by atoms with E-state index in [1.165, 1.54) is 24.3 Å². The van der Waals surface area contributed by atoms with Crippen molar-refractivity contribution in [1.29, 1.82) is 0 Å². The minimum atomic E-state index is -4.06. The van der Waals surface area contributed by atoms with Crippen LogP contribution in [-0.4, -0.2) is 25.2 Å². The van der Waals surface area contributed by atoms with E-state index in [9.17, 15) is 13.2 Å². The Balaban J connectivity index is 1.65. The monoisotopic (exact) mass is 572 g/mol. The summed E-state index contributed by atoms with van der Waals surface area (Å²) in [6.45, 7) is -0.502. The molecule has 0 heterocycles. The molecule has 190 valence electrons. The average molecular weight is 574 g/mol. The second-order valence-electron chi connectivity index (χ2n) is 8.30. The number of carbonyl (C=O) groups is 1. The molecular formula is C28H23Cl3N2O3S. The molecule has 0 radical (unpaired) electrons. The van der Waals surface area contributed by atoms with E-state index in [0.717, 1.165) is 15.4 Å². The maximum absolute atomic E-state index is 13.6. The van der Waals surface area contributed by atoms with E-state index in [1.807, 2.05) is 60.7 Å². The summed E-state index contributed by atoms with van der Waals surface area (Å²) in [7, 11) is -4.06. The molecule has 37 heavy (non-hydrogen) atoms. The highest BCUT2D eigenvalue weighted by molar-refractivity contribution is 7.89. The SMILES string of the molecule is O=C(CN(Cc1ccc(Cl)c(Cl)c1)S(=O)(=O)c1ccc(Cl)cc1)NC(c1ccccc1)c1ccccc1. The van der Waals surface area contributed by atoms with Crippen molar-refractivity contribution >= 4 is 50.7 Å². The molecule has 0 fully saturated rings. The number of benzene rings is 4. The first kappa shape index (κ1) is 27.2. The van der Waals surface area contributed by atoms with Crippen LogP contribution in [-0.2, 0) is 21.4 Å². The minimum Gasteiger partial charge on any atom is -0.344 e. The summed E-state index contributed by atoms with van der Waals surface area (Å²) in [5.74, 6) is -0.463. The number of sulfonamides is 1. The molecule has 0 aliphatic carbocycles. The van der Waals surface area contributed by atoms with Gasteiger partial charge in [0, 0.05) is 11.6 Å². The van der Waals surface area contributed by atoms with E-state index in [-0.39, 0.29) is 11.4 Å². The van der Waals surface area contributed by atoms with Crippen LogP contribution in [0.3, 0.4) is 0 Å². The van der Waals surface area contributed by atoms with Gasteiger partial charge in [-0.15, -0.1) is 0 Å². The molecule has 0 aliphatic heterocycles. The first-order valence-electron chi connectivity index (χ1n) is 11.3. The lowest BCUT2D eigenvalue weighted by Gasteiger charge is -2.25. The lowest BCUT2D eigenvalue weighted by atomic mass is 9.99. The molecule has 0 atom stereocenters. The normalized spacial score (nSPS) is 11.6. The van der Waals surface area contributed by atoms with Gasteiger partial charge in [-0.05, 0) is 53.1 Å². The highest BCUT2D eigenvalue weighted by Gasteiger charge is 2.28. The first-order chi connectivity index (χ1) is 17.7. The van der Waals surface area contributed by atoms with Gasteiger partial charge in [0.2, 0.25) is 15.9 Å². The second kappa shape index (κ2) is 12.1. The second-order valence-corrected chi connectivity index (χ2v) is 11.5. The molecule has 1 amide bonds. The predicted molar refractivity (Wildman–Crippen MR) is 148 cm³/mol. The predicted octanol–water partition coefficient (Wildman–Crippen LogP) is 6.74. The zero-order valence-corrected chi connectivity index (χ0v) is 22.6. The lowest BCUT2D eigenvalue weighted by Crippen LogP contribution is -2.41. The third-order valence-electron chi connectivity index (χ3n) is 5.69. The molecule has 0 spiro atoms. The fourth-order valence-electron chi connectivity index (χ4n) is 3.84. The van der Waals surface area contributed by atoms with Gasteiger partial charge in [0.05, 0.1) is 27.5 Å². The largest absolute Gasteiger partial charge is 0.344 e. The molecule has 1 N–H and O–H groups in total. The molecule has 0 aromatic heterocycles. The molecule has 0 aliphatic rings. The van der Waals surface area contributed by atoms with Gasteiger partial charge >= 0.3 is 0 Å². The smallest absolute Gasteiger partial charge is 0.243 e. The van der Waals surface area contributed by atoms with Crippen LogP contribution in [0.25, 0.3) is 0 Å². The lowest BCUT2D eigenvalue weighted by molar-refractivity contribution is -0.121. The average Bonchev–Trinajstić information content (AvgIpc) is 2.90. The molecule has 4 rings (SSSR count). The number of nitrogens with zero attached hydrogens (tertiary/aromatic N) is 1. The number of nitrogens with one attached hydrogen (secondary N) is 1. The zero-order valence-electron chi connectivity index (χ0n) is 19.5. The summed E-state index contributed by atoms with van der Waals surface area (Å²) in [5, 5.41) is 4.05. The van der Waals surface area contributed by atoms with Gasteiger partial charge in [0.15, 0.2) is 0 Å². The number of hydrogen-bond donors (Lipinski definition) is 1. The Morgan fingerprint density at radius 2 is 1.32 bits per heavy atom. The first-order valence-corrected chi connectivity index (χ1v) is 13.9. The van der Waals surface area contributed by atoms with Crippen molar-refractivity contribution in [3.05, 3.63) is 135 Å². The number of carbonyl (C=O) groups excluding carboxylic acids is 1. The fraction of sp³-hybridized carbons (Fsp3) is 0.107. The van der Waals surface area contributed by atoms with Crippen LogP contribution in [0.1, 0.15) is 22.7 Å². The molecule has 4 aromatic rings. The maximum atomic E-state index is 13.6. The van der Waals surface area contributed by atoms with Crippen molar-refractivity contribution in [1.82, 2.24) is 9.62 Å². The highest BCUT2D eigenvalue weighted by Crippen LogP contribution is 2.26. The Bertz CT molecular complexity index is 1430. The van der Waals surface area contributed by atoms with Crippen LogP contribution in [0, 0.1) is 0 Å². The van der Waals surface area contributed by atoms with Crippen molar-refractivity contribution in [2.75, 3.05) is 6.54 Å². The van der Waals surface area contributed by atoms with E-state index in [0.29, 0.717) is 20.6 Å². The van der Waals surface area contributed by atoms with Gasteiger partial charge in [0.25, 0.3) is 0 Å². The van der Waals surface area contributed by atoms with Crippen LogP contribution >= 0.6 is 34.8 Å². The Hall–Kier alpha value is -2.87. The van der Waals surface area contributed by atoms with Gasteiger partial charge < -0.3 is 5.32 Å². The van der Waals surface area contributed by atoms with Crippen molar-refractivity contribution in [2.24, 2.45) is 0 Å². The quantitative estimate of drug-likeness (QED) is 0.241. The Labute approximate surface area is 231 Å². The van der Waals surface area contributed by atoms with Crippen LogP contribution in [0.4, 0.5) is 0 Å². The summed E-state index contributed by atoms with van der Waals surface area (Å²) in [4.78, 5) is 13.4. The minimum absolute atomic E-state index is 0.0208. The topological polar surface area (TPSA) is 66.5 Å².